The number of thioether (sulfide) groups is 1. The van der Waals surface area contributed by atoms with E-state index >= 15 is 0 Å². The topological polar surface area (TPSA) is 37.8 Å². The lowest BCUT2D eigenvalue weighted by molar-refractivity contribution is 0.898. The molecule has 0 aliphatic rings. The molecule has 80 valence electrons. The van der Waals surface area contributed by atoms with Crippen molar-refractivity contribution in [1.29, 1.82) is 0 Å². The molecule has 1 rings (SSSR count). The van der Waals surface area contributed by atoms with E-state index in [-0.39, 0.29) is 0 Å². The Labute approximate surface area is 93.7 Å². The summed E-state index contributed by atoms with van der Waals surface area (Å²) in [4.78, 5) is 0. The van der Waals surface area contributed by atoms with Gasteiger partial charge in [-0.25, -0.2) is 0 Å². The number of nitrogens with one attached hydrogen (secondary N) is 1. The molecule has 1 heterocycles. The fraction of sp³-hybridized carbons (Fsp3) is 0.778. The fourth-order valence-corrected chi connectivity index (χ4v) is 2.84. The van der Waals surface area contributed by atoms with Gasteiger partial charge in [0.25, 0.3) is 0 Å². The second kappa shape index (κ2) is 6.24. The molecule has 14 heavy (non-hydrogen) atoms. The van der Waals surface area contributed by atoms with Crippen LogP contribution in [0.25, 0.3) is 0 Å². The van der Waals surface area contributed by atoms with Gasteiger partial charge >= 0.3 is 0 Å². The van der Waals surface area contributed by atoms with Crippen molar-refractivity contribution >= 4 is 28.2 Å². The quantitative estimate of drug-likeness (QED) is 0.763. The van der Waals surface area contributed by atoms with Gasteiger partial charge in [-0.3, -0.25) is 0 Å². The first-order chi connectivity index (χ1) is 6.76. The summed E-state index contributed by atoms with van der Waals surface area (Å²) in [5.74, 6) is 0. The van der Waals surface area contributed by atoms with Crippen molar-refractivity contribution in [3.8, 4) is 0 Å². The smallest absolute Gasteiger partial charge is 0.206 e. The summed E-state index contributed by atoms with van der Waals surface area (Å²) in [6.45, 7) is 7.52. The third kappa shape index (κ3) is 3.84. The molecular weight excluding hydrogens is 214 g/mol. The molecule has 5 heteroatoms. The van der Waals surface area contributed by atoms with Crippen LogP contribution in [0.15, 0.2) is 4.34 Å². The Morgan fingerprint density at radius 1 is 1.43 bits per heavy atom. The van der Waals surface area contributed by atoms with Gasteiger partial charge in [-0.1, -0.05) is 43.9 Å². The number of anilines is 1. The first kappa shape index (κ1) is 11.8. The Hall–Kier alpha value is -0.290. The van der Waals surface area contributed by atoms with Gasteiger partial charge in [-0.2, -0.15) is 0 Å². The molecule has 0 spiro atoms. The number of hydrogen-bond acceptors (Lipinski definition) is 5. The van der Waals surface area contributed by atoms with E-state index in [0.717, 1.165) is 22.4 Å². The van der Waals surface area contributed by atoms with Crippen LogP contribution in [0, 0.1) is 0 Å². The summed E-state index contributed by atoms with van der Waals surface area (Å²) < 4.78 is 1.07. The van der Waals surface area contributed by atoms with E-state index < -0.39 is 0 Å². The zero-order valence-electron chi connectivity index (χ0n) is 8.91. The van der Waals surface area contributed by atoms with Crippen molar-refractivity contribution in [2.24, 2.45) is 0 Å². The second-order valence-electron chi connectivity index (χ2n) is 3.14. The van der Waals surface area contributed by atoms with Crippen molar-refractivity contribution in [1.82, 2.24) is 10.2 Å². The Morgan fingerprint density at radius 3 is 2.86 bits per heavy atom. The first-order valence-electron chi connectivity index (χ1n) is 5.00. The van der Waals surface area contributed by atoms with Crippen LogP contribution in [0.5, 0.6) is 0 Å². The predicted molar refractivity (Wildman–Crippen MR) is 64.3 cm³/mol. The summed E-state index contributed by atoms with van der Waals surface area (Å²) >= 11 is 3.45. The Balaban J connectivity index is 2.42. The minimum Gasteiger partial charge on any atom is -0.360 e. The van der Waals surface area contributed by atoms with Gasteiger partial charge in [0.15, 0.2) is 4.34 Å². The highest BCUT2D eigenvalue weighted by Gasteiger charge is 2.07. The largest absolute Gasteiger partial charge is 0.360 e. The van der Waals surface area contributed by atoms with E-state index in [1.165, 1.54) is 6.42 Å². The summed E-state index contributed by atoms with van der Waals surface area (Å²) in [7, 11) is 0. The van der Waals surface area contributed by atoms with Gasteiger partial charge in [0.1, 0.15) is 0 Å². The normalized spacial score (nSPS) is 12.8. The molecule has 1 aromatic heterocycles. The fourth-order valence-electron chi connectivity index (χ4n) is 0.816. The number of aromatic nitrogens is 2. The average molecular weight is 231 g/mol. The van der Waals surface area contributed by atoms with Crippen molar-refractivity contribution in [2.45, 2.75) is 43.2 Å². The minimum atomic E-state index is 0.627. The van der Waals surface area contributed by atoms with Crippen molar-refractivity contribution in [3.63, 3.8) is 0 Å². The summed E-state index contributed by atoms with van der Waals surface area (Å²) in [5.41, 5.74) is 0. The van der Waals surface area contributed by atoms with Gasteiger partial charge in [0.05, 0.1) is 0 Å². The maximum atomic E-state index is 4.13. The molecule has 1 N–H and O–H groups in total. The van der Waals surface area contributed by atoms with E-state index in [1.807, 2.05) is 0 Å². The number of rotatable bonds is 6. The molecular formula is C9H17N3S2. The van der Waals surface area contributed by atoms with Gasteiger partial charge in [0, 0.05) is 11.8 Å². The summed E-state index contributed by atoms with van der Waals surface area (Å²) in [6.07, 6.45) is 2.29. The van der Waals surface area contributed by atoms with Crippen molar-refractivity contribution < 1.29 is 0 Å². The van der Waals surface area contributed by atoms with Gasteiger partial charge < -0.3 is 5.32 Å². The molecule has 0 saturated heterocycles. The zero-order valence-corrected chi connectivity index (χ0v) is 10.5. The Bertz CT molecular complexity index is 262. The van der Waals surface area contributed by atoms with Crippen LogP contribution in [-0.4, -0.2) is 22.0 Å². The first-order valence-corrected chi connectivity index (χ1v) is 6.69. The maximum absolute atomic E-state index is 4.13. The van der Waals surface area contributed by atoms with Gasteiger partial charge in [-0.15, -0.1) is 10.2 Å². The third-order valence-electron chi connectivity index (χ3n) is 1.81. The van der Waals surface area contributed by atoms with Gasteiger partial charge in [-0.05, 0) is 12.8 Å². The van der Waals surface area contributed by atoms with Crippen molar-refractivity contribution in [2.75, 3.05) is 11.9 Å². The van der Waals surface area contributed by atoms with E-state index in [9.17, 15) is 0 Å². The van der Waals surface area contributed by atoms with E-state index in [0.29, 0.717) is 5.25 Å². The lowest BCUT2D eigenvalue weighted by atomic mass is 10.4. The molecule has 0 amide bonds. The zero-order chi connectivity index (χ0) is 10.4. The highest BCUT2D eigenvalue weighted by molar-refractivity contribution is 8.01. The van der Waals surface area contributed by atoms with Crippen LogP contribution in [0.2, 0.25) is 0 Å². The Morgan fingerprint density at radius 2 is 2.21 bits per heavy atom. The van der Waals surface area contributed by atoms with Crippen LogP contribution >= 0.6 is 23.1 Å². The van der Waals surface area contributed by atoms with E-state index in [2.05, 4.69) is 36.3 Å². The summed E-state index contributed by atoms with van der Waals surface area (Å²) in [6, 6.07) is 0. The highest BCUT2D eigenvalue weighted by Crippen LogP contribution is 2.29. The molecule has 0 bridgehead atoms. The van der Waals surface area contributed by atoms with Crippen molar-refractivity contribution in [3.05, 3.63) is 0 Å². The van der Waals surface area contributed by atoms with Crippen LogP contribution in [0.1, 0.15) is 33.6 Å². The van der Waals surface area contributed by atoms with Gasteiger partial charge in [0.2, 0.25) is 5.13 Å². The van der Waals surface area contributed by atoms with Crippen LogP contribution in [-0.2, 0) is 0 Å². The molecule has 0 saturated carbocycles. The molecule has 1 aromatic rings. The van der Waals surface area contributed by atoms with Crippen LogP contribution < -0.4 is 5.32 Å². The SMILES string of the molecule is CCCNc1nnc(SC(C)CC)s1. The minimum absolute atomic E-state index is 0.627. The second-order valence-corrected chi connectivity index (χ2v) is 5.80. The highest BCUT2D eigenvalue weighted by atomic mass is 32.2. The van der Waals surface area contributed by atoms with Crippen LogP contribution in [0.4, 0.5) is 5.13 Å². The lowest BCUT2D eigenvalue weighted by Gasteiger charge is -2.02. The molecule has 0 aromatic carbocycles. The molecule has 0 radical (unpaired) electrons. The molecule has 0 fully saturated rings. The predicted octanol–water partition coefficient (Wildman–Crippen LogP) is 3.25. The molecule has 0 aliphatic heterocycles. The monoisotopic (exact) mass is 231 g/mol. The van der Waals surface area contributed by atoms with E-state index in [1.54, 1.807) is 23.1 Å². The lowest BCUT2D eigenvalue weighted by Crippen LogP contribution is -1.98. The number of nitrogens with zero attached hydrogens (tertiary/aromatic N) is 2. The standard InChI is InChI=1S/C9H17N3S2/c1-4-6-10-8-11-12-9(14-8)13-7(3)5-2/h7H,4-6H2,1-3H3,(H,10,11). The average Bonchev–Trinajstić information content (AvgIpc) is 2.62. The van der Waals surface area contributed by atoms with Crippen LogP contribution in [0.3, 0.4) is 0 Å². The molecule has 3 nitrogen and oxygen atoms in total. The van der Waals surface area contributed by atoms with E-state index in [4.69, 9.17) is 0 Å². The molecule has 1 unspecified atom stereocenters. The Kier molecular flexibility index (Phi) is 5.25. The summed E-state index contributed by atoms with van der Waals surface area (Å²) in [5, 5.41) is 13.0. The maximum Gasteiger partial charge on any atom is 0.206 e. The molecule has 1 atom stereocenters. The molecule has 0 aliphatic carbocycles. The third-order valence-corrected chi connectivity index (χ3v) is 4.04. The number of hydrogen-bond donors (Lipinski definition) is 1.